The van der Waals surface area contributed by atoms with E-state index in [2.05, 4.69) is 26.3 Å². The molecule has 0 bridgehead atoms. The van der Waals surface area contributed by atoms with Crippen molar-refractivity contribution < 1.29 is 18.0 Å². The maximum Gasteiger partial charge on any atom is 0.436 e. The highest BCUT2D eigenvalue weighted by Crippen LogP contribution is 2.35. The number of rotatable bonds is 4. The van der Waals surface area contributed by atoms with Gasteiger partial charge in [0, 0.05) is 13.6 Å². The van der Waals surface area contributed by atoms with E-state index in [1.54, 1.807) is 0 Å². The molecule has 0 saturated heterocycles. The molecule has 18 heavy (non-hydrogen) atoms. The Morgan fingerprint density at radius 2 is 2.11 bits per heavy atom. The van der Waals surface area contributed by atoms with Gasteiger partial charge in [0.2, 0.25) is 0 Å². The van der Waals surface area contributed by atoms with Crippen LogP contribution in [-0.2, 0) is 13.2 Å². The molecular weight excluding hydrogens is 315 g/mol. The number of aryl methyl sites for hydroxylation is 1. The van der Waals surface area contributed by atoms with E-state index in [9.17, 15) is 18.0 Å². The molecule has 0 saturated carbocycles. The first-order chi connectivity index (χ1) is 8.29. The maximum atomic E-state index is 12.6. The molecule has 0 fully saturated rings. The molecule has 0 spiro atoms. The number of nitrogens with zero attached hydrogens (tertiary/aromatic N) is 2. The van der Waals surface area contributed by atoms with Crippen molar-refractivity contribution in [3.05, 3.63) is 15.9 Å². The Bertz CT molecular complexity index is 442. The average Bonchev–Trinajstić information content (AvgIpc) is 2.54. The summed E-state index contributed by atoms with van der Waals surface area (Å²) in [4.78, 5) is 11.7. The zero-order valence-electron chi connectivity index (χ0n) is 9.94. The summed E-state index contributed by atoms with van der Waals surface area (Å²) in [7, 11) is 1.30. The van der Waals surface area contributed by atoms with Gasteiger partial charge in [-0.1, -0.05) is 13.3 Å². The Labute approximate surface area is 111 Å². The Balaban J connectivity index is 2.96. The monoisotopic (exact) mass is 327 g/mol. The van der Waals surface area contributed by atoms with Crippen LogP contribution in [0.5, 0.6) is 0 Å². The molecule has 1 amide bonds. The second-order valence-corrected chi connectivity index (χ2v) is 4.54. The molecule has 1 aromatic rings. The molecule has 1 N–H and O–H groups in total. The number of hydrogen-bond acceptors (Lipinski definition) is 2. The average molecular weight is 328 g/mol. The number of alkyl halides is 3. The van der Waals surface area contributed by atoms with Crippen molar-refractivity contribution >= 4 is 21.8 Å². The molecule has 102 valence electrons. The lowest BCUT2D eigenvalue weighted by Crippen LogP contribution is -2.26. The minimum absolute atomic E-state index is 0.126. The topological polar surface area (TPSA) is 46.9 Å². The fourth-order valence-corrected chi connectivity index (χ4v) is 2.13. The van der Waals surface area contributed by atoms with E-state index in [0.717, 1.165) is 17.5 Å². The number of halogens is 4. The first-order valence-electron chi connectivity index (χ1n) is 5.37. The van der Waals surface area contributed by atoms with Gasteiger partial charge in [0.05, 0.1) is 4.47 Å². The second-order valence-electron chi connectivity index (χ2n) is 3.74. The van der Waals surface area contributed by atoms with Crippen LogP contribution < -0.4 is 5.32 Å². The van der Waals surface area contributed by atoms with Gasteiger partial charge in [-0.25, -0.2) is 0 Å². The lowest BCUT2D eigenvalue weighted by atomic mass is 10.3. The van der Waals surface area contributed by atoms with Gasteiger partial charge in [-0.05, 0) is 22.4 Å². The van der Waals surface area contributed by atoms with Crippen LogP contribution in [0.1, 0.15) is 35.9 Å². The minimum atomic E-state index is -4.58. The fraction of sp³-hybridized carbons (Fsp3) is 0.600. The summed E-state index contributed by atoms with van der Waals surface area (Å²) in [5.74, 6) is -0.569. The molecule has 1 rings (SSSR count). The number of hydrogen-bond donors (Lipinski definition) is 1. The van der Waals surface area contributed by atoms with Gasteiger partial charge in [-0.2, -0.15) is 18.3 Å². The number of nitrogens with one attached hydrogen (secondary N) is 1. The quantitative estimate of drug-likeness (QED) is 0.864. The van der Waals surface area contributed by atoms with Crippen molar-refractivity contribution in [1.82, 2.24) is 15.1 Å². The zero-order chi connectivity index (χ0) is 13.9. The number of carbonyl (C=O) groups excluding carboxylic acids is 1. The highest BCUT2D eigenvalue weighted by molar-refractivity contribution is 9.10. The molecule has 0 radical (unpaired) electrons. The predicted octanol–water partition coefficient (Wildman–Crippen LogP) is 2.73. The molecule has 0 aliphatic carbocycles. The third-order valence-corrected chi connectivity index (χ3v) is 3.04. The zero-order valence-corrected chi connectivity index (χ0v) is 11.5. The van der Waals surface area contributed by atoms with Crippen LogP contribution in [0, 0.1) is 0 Å². The van der Waals surface area contributed by atoms with E-state index < -0.39 is 17.8 Å². The molecule has 1 heterocycles. The molecule has 8 heteroatoms. The molecule has 1 aromatic heterocycles. The van der Waals surface area contributed by atoms with Crippen molar-refractivity contribution in [1.29, 1.82) is 0 Å². The van der Waals surface area contributed by atoms with E-state index in [1.807, 2.05) is 6.92 Å². The summed E-state index contributed by atoms with van der Waals surface area (Å²) in [5.41, 5.74) is -1.22. The Morgan fingerprint density at radius 1 is 1.50 bits per heavy atom. The van der Waals surface area contributed by atoms with Crippen LogP contribution in [0.4, 0.5) is 13.2 Å². The predicted molar refractivity (Wildman–Crippen MR) is 63.2 cm³/mol. The van der Waals surface area contributed by atoms with Crippen LogP contribution in [0.2, 0.25) is 0 Å². The van der Waals surface area contributed by atoms with Gasteiger partial charge in [0.15, 0.2) is 5.69 Å². The number of aromatic nitrogens is 2. The van der Waals surface area contributed by atoms with Gasteiger partial charge in [0.25, 0.3) is 5.91 Å². The summed E-state index contributed by atoms with van der Waals surface area (Å²) in [5, 5.41) is 5.86. The second kappa shape index (κ2) is 5.73. The number of carbonyl (C=O) groups is 1. The van der Waals surface area contributed by atoms with Crippen molar-refractivity contribution in [2.45, 2.75) is 25.9 Å². The molecular formula is C10H13BrF3N3O. The summed E-state index contributed by atoms with van der Waals surface area (Å²) in [6.07, 6.45) is -2.92. The van der Waals surface area contributed by atoms with E-state index in [1.165, 1.54) is 7.05 Å². The Hall–Kier alpha value is -1.05. The van der Waals surface area contributed by atoms with Gasteiger partial charge >= 0.3 is 6.18 Å². The first kappa shape index (κ1) is 15.0. The molecule has 0 aliphatic rings. The highest BCUT2D eigenvalue weighted by Gasteiger charge is 2.39. The fourth-order valence-electron chi connectivity index (χ4n) is 1.39. The molecule has 0 aromatic carbocycles. The van der Waals surface area contributed by atoms with Crippen LogP contribution in [-0.4, -0.2) is 22.2 Å². The summed E-state index contributed by atoms with van der Waals surface area (Å²) >= 11 is 2.78. The Kier molecular flexibility index (Phi) is 4.78. The lowest BCUT2D eigenvalue weighted by molar-refractivity contribution is -0.142. The third-order valence-electron chi connectivity index (χ3n) is 2.29. The van der Waals surface area contributed by atoms with Crippen LogP contribution in [0.25, 0.3) is 0 Å². The van der Waals surface area contributed by atoms with Crippen molar-refractivity contribution in [2.24, 2.45) is 7.05 Å². The van der Waals surface area contributed by atoms with Crippen LogP contribution >= 0.6 is 15.9 Å². The molecule has 0 aliphatic heterocycles. The number of unbranched alkanes of at least 4 members (excludes halogenated alkanes) is 1. The third kappa shape index (κ3) is 3.24. The normalized spacial score (nSPS) is 11.7. The van der Waals surface area contributed by atoms with E-state index in [-0.39, 0.29) is 10.2 Å². The smallest absolute Gasteiger partial charge is 0.351 e. The maximum absolute atomic E-state index is 12.6. The van der Waals surface area contributed by atoms with Crippen LogP contribution in [0.3, 0.4) is 0 Å². The van der Waals surface area contributed by atoms with E-state index >= 15 is 0 Å². The van der Waals surface area contributed by atoms with Gasteiger partial charge < -0.3 is 5.32 Å². The Morgan fingerprint density at radius 3 is 2.56 bits per heavy atom. The standard InChI is InChI=1S/C10H13BrF3N3O/c1-3-4-5-15-9(18)7-6(11)8(10(12,13)14)16-17(7)2/h3-5H2,1-2H3,(H,15,18). The largest absolute Gasteiger partial charge is 0.436 e. The SMILES string of the molecule is CCCCNC(=O)c1c(Br)c(C(F)(F)F)nn1C. The lowest BCUT2D eigenvalue weighted by Gasteiger charge is -2.05. The van der Waals surface area contributed by atoms with E-state index in [4.69, 9.17) is 0 Å². The molecule has 0 atom stereocenters. The van der Waals surface area contributed by atoms with Crippen LogP contribution in [0.15, 0.2) is 4.47 Å². The number of amides is 1. The van der Waals surface area contributed by atoms with Gasteiger partial charge in [-0.15, -0.1) is 0 Å². The first-order valence-corrected chi connectivity index (χ1v) is 6.16. The van der Waals surface area contributed by atoms with Gasteiger partial charge in [-0.3, -0.25) is 9.48 Å². The molecule has 0 unspecified atom stereocenters. The summed E-state index contributed by atoms with van der Waals surface area (Å²) < 4.78 is 38.3. The minimum Gasteiger partial charge on any atom is -0.351 e. The van der Waals surface area contributed by atoms with Crippen molar-refractivity contribution in [2.75, 3.05) is 6.54 Å². The van der Waals surface area contributed by atoms with Gasteiger partial charge in [0.1, 0.15) is 5.69 Å². The van der Waals surface area contributed by atoms with Crippen molar-refractivity contribution in [3.63, 3.8) is 0 Å². The molecule has 4 nitrogen and oxygen atoms in total. The highest BCUT2D eigenvalue weighted by atomic mass is 79.9. The van der Waals surface area contributed by atoms with E-state index in [0.29, 0.717) is 6.54 Å². The summed E-state index contributed by atoms with van der Waals surface area (Å²) in [6.45, 7) is 2.38. The summed E-state index contributed by atoms with van der Waals surface area (Å²) in [6, 6.07) is 0. The van der Waals surface area contributed by atoms with Crippen molar-refractivity contribution in [3.8, 4) is 0 Å².